The number of nitrogens with zero attached hydrogens (tertiary/aromatic N) is 4. The van der Waals surface area contributed by atoms with Gasteiger partial charge < -0.3 is 15.0 Å². The van der Waals surface area contributed by atoms with Crippen molar-refractivity contribution in [3.8, 4) is 0 Å². The van der Waals surface area contributed by atoms with Crippen molar-refractivity contribution in [2.75, 3.05) is 6.54 Å². The molecule has 0 radical (unpaired) electrons. The van der Waals surface area contributed by atoms with Crippen molar-refractivity contribution in [1.82, 2.24) is 18.7 Å². The number of benzene rings is 1. The molecular formula is C17H22N5O3+. The highest BCUT2D eigenvalue weighted by Crippen LogP contribution is 2.06. The molecule has 0 spiro atoms. The molecule has 8 nitrogen and oxygen atoms in total. The van der Waals surface area contributed by atoms with Gasteiger partial charge in [0.25, 0.3) is 5.56 Å². The van der Waals surface area contributed by atoms with E-state index in [0.717, 1.165) is 11.1 Å². The summed E-state index contributed by atoms with van der Waals surface area (Å²) < 4.78 is 3.99. The monoisotopic (exact) mass is 344 g/mol. The number of hydrogen-bond acceptors (Lipinski definition) is 4. The number of nitrogens with two attached hydrogens (primary N) is 1. The van der Waals surface area contributed by atoms with Gasteiger partial charge in [-0.05, 0) is 0 Å². The first-order chi connectivity index (χ1) is 12.0. The molecule has 0 bridgehead atoms. The summed E-state index contributed by atoms with van der Waals surface area (Å²) in [6, 6.07) is 10.0. The van der Waals surface area contributed by atoms with Crippen LogP contribution in [0.15, 0.2) is 46.2 Å². The molecule has 8 heteroatoms. The van der Waals surface area contributed by atoms with Gasteiger partial charge in [0.05, 0.1) is 12.9 Å². The second kappa shape index (κ2) is 7.04. The zero-order valence-corrected chi connectivity index (χ0v) is 14.3. The Kier molecular flexibility index (Phi) is 4.82. The summed E-state index contributed by atoms with van der Waals surface area (Å²) in [6.45, 7) is 1.52. The third-order valence-electron chi connectivity index (χ3n) is 4.29. The second-order valence-electron chi connectivity index (χ2n) is 6.14. The summed E-state index contributed by atoms with van der Waals surface area (Å²) in [5.41, 5.74) is 1.02. The first kappa shape index (κ1) is 17.1. The van der Waals surface area contributed by atoms with Crippen molar-refractivity contribution in [2.24, 2.45) is 14.1 Å². The lowest BCUT2D eigenvalue weighted by Crippen LogP contribution is -2.85. The Morgan fingerprint density at radius 2 is 1.88 bits per heavy atom. The van der Waals surface area contributed by atoms with Crippen molar-refractivity contribution in [3.05, 3.63) is 63.1 Å². The van der Waals surface area contributed by atoms with Crippen LogP contribution in [0.25, 0.3) is 11.2 Å². The van der Waals surface area contributed by atoms with E-state index < -0.39 is 17.4 Å². The maximum Gasteiger partial charge on any atom is 0.332 e. The van der Waals surface area contributed by atoms with E-state index in [0.29, 0.717) is 17.7 Å². The van der Waals surface area contributed by atoms with Crippen LogP contribution >= 0.6 is 0 Å². The van der Waals surface area contributed by atoms with Gasteiger partial charge in [0.15, 0.2) is 11.2 Å². The lowest BCUT2D eigenvalue weighted by atomic mass is 10.2. The van der Waals surface area contributed by atoms with Gasteiger partial charge in [-0.15, -0.1) is 0 Å². The van der Waals surface area contributed by atoms with Gasteiger partial charge >= 0.3 is 5.69 Å². The number of fused-ring (bicyclic) bond motifs is 1. The van der Waals surface area contributed by atoms with E-state index in [1.54, 1.807) is 11.6 Å². The number of aliphatic hydroxyl groups excluding tert-OH is 1. The molecule has 0 aliphatic heterocycles. The minimum atomic E-state index is -0.636. The van der Waals surface area contributed by atoms with Crippen LogP contribution in [0.3, 0.4) is 0 Å². The van der Waals surface area contributed by atoms with Gasteiger partial charge in [-0.1, -0.05) is 30.3 Å². The number of aliphatic hydroxyl groups is 1. The fourth-order valence-electron chi connectivity index (χ4n) is 2.89. The molecule has 25 heavy (non-hydrogen) atoms. The summed E-state index contributed by atoms with van der Waals surface area (Å²) in [5, 5.41) is 12.3. The van der Waals surface area contributed by atoms with Gasteiger partial charge in [0, 0.05) is 19.7 Å². The van der Waals surface area contributed by atoms with E-state index in [1.807, 2.05) is 35.6 Å². The fourth-order valence-corrected chi connectivity index (χ4v) is 2.89. The van der Waals surface area contributed by atoms with E-state index in [9.17, 15) is 14.7 Å². The second-order valence-corrected chi connectivity index (χ2v) is 6.14. The SMILES string of the molecule is Cn1c(=O)c2c(ncn2C[C@H](O)C[NH2+]Cc2ccccc2)n(C)c1=O. The average Bonchev–Trinajstić information content (AvgIpc) is 3.02. The number of imidazole rings is 1. The Morgan fingerprint density at radius 3 is 2.60 bits per heavy atom. The first-order valence-corrected chi connectivity index (χ1v) is 8.13. The van der Waals surface area contributed by atoms with Crippen LogP contribution in [0.4, 0.5) is 0 Å². The number of aryl methyl sites for hydroxylation is 1. The van der Waals surface area contributed by atoms with Crippen molar-refractivity contribution < 1.29 is 10.4 Å². The van der Waals surface area contributed by atoms with E-state index in [2.05, 4.69) is 4.98 Å². The summed E-state index contributed by atoms with van der Waals surface area (Å²) in [6.07, 6.45) is 0.856. The highest BCUT2D eigenvalue weighted by molar-refractivity contribution is 5.69. The first-order valence-electron chi connectivity index (χ1n) is 8.13. The maximum absolute atomic E-state index is 12.4. The van der Waals surface area contributed by atoms with Crippen molar-refractivity contribution >= 4 is 11.2 Å². The molecule has 0 unspecified atom stereocenters. The van der Waals surface area contributed by atoms with Crippen LogP contribution in [0.5, 0.6) is 0 Å². The highest BCUT2D eigenvalue weighted by Gasteiger charge is 2.16. The third-order valence-corrected chi connectivity index (χ3v) is 4.29. The zero-order chi connectivity index (χ0) is 18.0. The smallest absolute Gasteiger partial charge is 0.332 e. The lowest BCUT2D eigenvalue weighted by Gasteiger charge is -2.11. The molecule has 0 amide bonds. The molecule has 0 fully saturated rings. The van der Waals surface area contributed by atoms with Gasteiger partial charge in [-0.3, -0.25) is 13.9 Å². The summed E-state index contributed by atoms with van der Waals surface area (Å²) >= 11 is 0. The molecule has 0 aliphatic carbocycles. The standard InChI is InChI=1S/C17H21N5O3/c1-20-15-14(16(24)21(2)17(20)25)22(11-19-15)10-13(23)9-18-8-12-6-4-3-5-7-12/h3-7,11,13,18,23H,8-10H2,1-2H3/p+1/t13-/m1/s1. The van der Waals surface area contributed by atoms with Gasteiger partial charge in [0.2, 0.25) is 0 Å². The Bertz CT molecular complexity index is 987. The quantitative estimate of drug-likeness (QED) is 0.572. The van der Waals surface area contributed by atoms with Crippen LogP contribution in [-0.4, -0.2) is 36.4 Å². The molecule has 2 aromatic heterocycles. The van der Waals surface area contributed by atoms with Crippen LogP contribution in [0.1, 0.15) is 5.56 Å². The largest absolute Gasteiger partial charge is 0.385 e. The fraction of sp³-hybridized carbons (Fsp3) is 0.353. The van der Waals surface area contributed by atoms with E-state index in [-0.39, 0.29) is 6.54 Å². The Labute approximate surface area is 144 Å². The van der Waals surface area contributed by atoms with E-state index >= 15 is 0 Å². The predicted molar refractivity (Wildman–Crippen MR) is 93.2 cm³/mol. The summed E-state index contributed by atoms with van der Waals surface area (Å²) in [7, 11) is 3.01. The van der Waals surface area contributed by atoms with Gasteiger partial charge in [0.1, 0.15) is 19.2 Å². The predicted octanol–water partition coefficient (Wildman–Crippen LogP) is -1.44. The lowest BCUT2D eigenvalue weighted by molar-refractivity contribution is -0.676. The number of aromatic nitrogens is 4. The van der Waals surface area contributed by atoms with Gasteiger partial charge in [-0.2, -0.15) is 0 Å². The van der Waals surface area contributed by atoms with Crippen LogP contribution in [-0.2, 0) is 27.2 Å². The molecule has 0 aliphatic rings. The number of hydrogen-bond donors (Lipinski definition) is 2. The molecule has 0 saturated heterocycles. The van der Waals surface area contributed by atoms with Crippen molar-refractivity contribution in [2.45, 2.75) is 19.2 Å². The number of rotatable bonds is 6. The van der Waals surface area contributed by atoms with Crippen LogP contribution in [0.2, 0.25) is 0 Å². The van der Waals surface area contributed by atoms with Gasteiger partial charge in [-0.25, -0.2) is 9.78 Å². The van der Waals surface area contributed by atoms with Crippen molar-refractivity contribution in [3.63, 3.8) is 0 Å². The van der Waals surface area contributed by atoms with E-state index in [4.69, 9.17) is 0 Å². The summed E-state index contributed by atoms with van der Waals surface area (Å²) in [5.74, 6) is 0. The Balaban J connectivity index is 1.72. The third kappa shape index (κ3) is 3.40. The molecule has 3 aromatic rings. The summed E-state index contributed by atoms with van der Waals surface area (Å²) in [4.78, 5) is 28.4. The van der Waals surface area contributed by atoms with Crippen LogP contribution in [0, 0.1) is 0 Å². The molecule has 3 N–H and O–H groups in total. The molecule has 1 aromatic carbocycles. The zero-order valence-electron chi connectivity index (χ0n) is 14.3. The molecule has 2 heterocycles. The minimum Gasteiger partial charge on any atom is -0.385 e. The molecular weight excluding hydrogens is 322 g/mol. The van der Waals surface area contributed by atoms with Crippen LogP contribution < -0.4 is 16.6 Å². The Hall–Kier alpha value is -2.71. The molecule has 3 rings (SSSR count). The average molecular weight is 344 g/mol. The van der Waals surface area contributed by atoms with E-state index in [1.165, 1.54) is 23.5 Å². The number of quaternary nitrogens is 1. The molecule has 1 atom stereocenters. The topological polar surface area (TPSA) is 98.7 Å². The highest BCUT2D eigenvalue weighted by atomic mass is 16.3. The maximum atomic E-state index is 12.4. The minimum absolute atomic E-state index is 0.245. The Morgan fingerprint density at radius 1 is 1.16 bits per heavy atom. The van der Waals surface area contributed by atoms with Crippen molar-refractivity contribution in [1.29, 1.82) is 0 Å². The normalized spacial score (nSPS) is 12.6. The molecule has 0 saturated carbocycles. The molecule has 132 valence electrons.